The molecule has 1 fully saturated rings. The van der Waals surface area contributed by atoms with E-state index in [1.807, 2.05) is 18.2 Å². The predicted molar refractivity (Wildman–Crippen MR) is 94.6 cm³/mol. The molecule has 5 nitrogen and oxygen atoms in total. The molecule has 1 aliphatic carbocycles. The zero-order valence-corrected chi connectivity index (χ0v) is 14.6. The number of aromatic nitrogens is 1. The monoisotopic (exact) mass is 348 g/mol. The van der Waals surface area contributed by atoms with Crippen LogP contribution in [0.15, 0.2) is 24.4 Å². The molecule has 0 radical (unpaired) electrons. The molecule has 2 rings (SSSR count). The first-order valence-corrected chi connectivity index (χ1v) is 7.49. The second-order valence-corrected chi connectivity index (χ2v) is 5.36. The number of pyridine rings is 1. The maximum Gasteiger partial charge on any atom is 0.247 e. The lowest BCUT2D eigenvalue weighted by atomic mass is 9.81. The molecule has 1 aromatic rings. The van der Waals surface area contributed by atoms with Crippen molar-refractivity contribution >= 4 is 36.5 Å². The summed E-state index contributed by atoms with van der Waals surface area (Å²) in [5, 5.41) is 2.93. The second kappa shape index (κ2) is 10.8. The first-order chi connectivity index (χ1) is 9.77. The van der Waals surface area contributed by atoms with Gasteiger partial charge in [-0.1, -0.05) is 32.3 Å². The minimum Gasteiger partial charge on any atom is -0.309 e. The molecular weight excluding hydrogens is 323 g/mol. The van der Waals surface area contributed by atoms with E-state index in [1.54, 1.807) is 6.20 Å². The SMILES string of the molecule is CCCNNC1(C(=O)Nc2ccccn2)CCCCC1.Cl.Cl. The summed E-state index contributed by atoms with van der Waals surface area (Å²) in [7, 11) is 0. The molecule has 0 saturated heterocycles. The Kier molecular flexibility index (Phi) is 10.3. The molecule has 1 aliphatic rings. The average Bonchev–Trinajstić information content (AvgIpc) is 2.49. The number of amides is 1. The van der Waals surface area contributed by atoms with Crippen LogP contribution in [0.3, 0.4) is 0 Å². The zero-order chi connectivity index (χ0) is 14.3. The molecule has 1 aromatic heterocycles. The van der Waals surface area contributed by atoms with Gasteiger partial charge in [0.1, 0.15) is 11.4 Å². The highest BCUT2D eigenvalue weighted by Crippen LogP contribution is 2.28. The van der Waals surface area contributed by atoms with Crippen molar-refractivity contribution in [2.24, 2.45) is 0 Å². The van der Waals surface area contributed by atoms with Crippen LogP contribution < -0.4 is 16.2 Å². The third-order valence-corrected chi connectivity index (χ3v) is 3.75. The maximum atomic E-state index is 12.6. The van der Waals surface area contributed by atoms with Crippen molar-refractivity contribution in [3.63, 3.8) is 0 Å². The van der Waals surface area contributed by atoms with Gasteiger partial charge in [0, 0.05) is 12.7 Å². The smallest absolute Gasteiger partial charge is 0.247 e. The largest absolute Gasteiger partial charge is 0.309 e. The van der Waals surface area contributed by atoms with Crippen molar-refractivity contribution in [1.29, 1.82) is 0 Å². The van der Waals surface area contributed by atoms with Crippen LogP contribution in [0.1, 0.15) is 45.4 Å². The van der Waals surface area contributed by atoms with Crippen LogP contribution in [-0.4, -0.2) is 23.0 Å². The van der Waals surface area contributed by atoms with Crippen molar-refractivity contribution in [3.8, 4) is 0 Å². The molecular formula is C15H26Cl2N4O. The number of hydrogen-bond acceptors (Lipinski definition) is 4. The van der Waals surface area contributed by atoms with Crippen molar-refractivity contribution in [2.75, 3.05) is 11.9 Å². The van der Waals surface area contributed by atoms with Gasteiger partial charge in [-0.25, -0.2) is 10.4 Å². The van der Waals surface area contributed by atoms with Crippen molar-refractivity contribution in [1.82, 2.24) is 15.8 Å². The maximum absolute atomic E-state index is 12.6. The molecule has 0 bridgehead atoms. The Balaban J connectivity index is 0.00000220. The van der Waals surface area contributed by atoms with Crippen molar-refractivity contribution in [3.05, 3.63) is 24.4 Å². The summed E-state index contributed by atoms with van der Waals surface area (Å²) in [6.07, 6.45) is 7.81. The average molecular weight is 349 g/mol. The summed E-state index contributed by atoms with van der Waals surface area (Å²) < 4.78 is 0. The molecule has 126 valence electrons. The number of hydrogen-bond donors (Lipinski definition) is 3. The first-order valence-electron chi connectivity index (χ1n) is 7.49. The highest BCUT2D eigenvalue weighted by atomic mass is 35.5. The third kappa shape index (κ3) is 5.72. The van der Waals surface area contributed by atoms with E-state index in [9.17, 15) is 4.79 Å². The van der Waals surface area contributed by atoms with E-state index in [1.165, 1.54) is 6.42 Å². The van der Waals surface area contributed by atoms with E-state index in [0.29, 0.717) is 5.82 Å². The Morgan fingerprint density at radius 1 is 1.23 bits per heavy atom. The van der Waals surface area contributed by atoms with Gasteiger partial charge in [-0.15, -0.1) is 24.8 Å². The van der Waals surface area contributed by atoms with Crippen LogP contribution in [0.5, 0.6) is 0 Å². The molecule has 3 N–H and O–H groups in total. The van der Waals surface area contributed by atoms with Crippen LogP contribution in [0.25, 0.3) is 0 Å². The number of carbonyl (C=O) groups is 1. The van der Waals surface area contributed by atoms with Gasteiger partial charge in [-0.3, -0.25) is 10.2 Å². The highest BCUT2D eigenvalue weighted by Gasteiger charge is 2.39. The molecule has 0 spiro atoms. The number of nitrogens with zero attached hydrogens (tertiary/aromatic N) is 1. The summed E-state index contributed by atoms with van der Waals surface area (Å²) >= 11 is 0. The Labute approximate surface area is 144 Å². The molecule has 1 heterocycles. The van der Waals surface area contributed by atoms with Gasteiger partial charge in [0.15, 0.2) is 0 Å². The molecule has 0 unspecified atom stereocenters. The van der Waals surface area contributed by atoms with Crippen molar-refractivity contribution < 1.29 is 4.79 Å². The lowest BCUT2D eigenvalue weighted by Crippen LogP contribution is -2.60. The van der Waals surface area contributed by atoms with Gasteiger partial charge in [0.25, 0.3) is 0 Å². The van der Waals surface area contributed by atoms with Crippen LogP contribution in [0.2, 0.25) is 0 Å². The molecule has 7 heteroatoms. The van der Waals surface area contributed by atoms with Crippen LogP contribution in [-0.2, 0) is 4.79 Å². The second-order valence-electron chi connectivity index (χ2n) is 5.36. The van der Waals surface area contributed by atoms with Gasteiger partial charge in [-0.05, 0) is 31.4 Å². The summed E-state index contributed by atoms with van der Waals surface area (Å²) in [4.78, 5) is 16.8. The van der Waals surface area contributed by atoms with Crippen LogP contribution in [0.4, 0.5) is 5.82 Å². The quantitative estimate of drug-likeness (QED) is 0.546. The van der Waals surface area contributed by atoms with Crippen molar-refractivity contribution in [2.45, 2.75) is 51.0 Å². The predicted octanol–water partition coefficient (Wildman–Crippen LogP) is 3.07. The first kappa shape index (κ1) is 21.1. The molecule has 0 aromatic carbocycles. The summed E-state index contributed by atoms with van der Waals surface area (Å²) in [5.74, 6) is 0.624. The standard InChI is InChI=1S/C15H24N4O.2ClH/c1-2-11-17-19-15(9-5-3-6-10-15)14(20)18-13-8-4-7-12-16-13;;/h4,7-8,12,17,19H,2-3,5-6,9-11H2,1H3,(H,16,18,20);2*1H. The lowest BCUT2D eigenvalue weighted by Gasteiger charge is -2.36. The van der Waals surface area contributed by atoms with Gasteiger partial charge in [-0.2, -0.15) is 0 Å². The Bertz CT molecular complexity index is 425. The Hall–Kier alpha value is -0.880. The zero-order valence-electron chi connectivity index (χ0n) is 12.9. The third-order valence-electron chi connectivity index (χ3n) is 3.75. The fourth-order valence-electron chi connectivity index (χ4n) is 2.59. The Morgan fingerprint density at radius 2 is 1.95 bits per heavy atom. The summed E-state index contributed by atoms with van der Waals surface area (Å²) in [5.41, 5.74) is 5.94. The number of halogens is 2. The number of nitrogens with one attached hydrogen (secondary N) is 3. The number of hydrazine groups is 1. The van der Waals surface area contributed by atoms with Gasteiger partial charge >= 0.3 is 0 Å². The van der Waals surface area contributed by atoms with E-state index >= 15 is 0 Å². The van der Waals surface area contributed by atoms with Crippen LogP contribution in [0, 0.1) is 0 Å². The minimum atomic E-state index is -0.509. The number of rotatable bonds is 6. The van der Waals surface area contributed by atoms with Gasteiger partial charge < -0.3 is 5.32 Å². The fourth-order valence-corrected chi connectivity index (χ4v) is 2.59. The van der Waals surface area contributed by atoms with Crippen LogP contribution >= 0.6 is 24.8 Å². The van der Waals surface area contributed by atoms with E-state index < -0.39 is 5.54 Å². The summed E-state index contributed by atoms with van der Waals surface area (Å²) in [6, 6.07) is 5.53. The Morgan fingerprint density at radius 3 is 2.55 bits per heavy atom. The van der Waals surface area contributed by atoms with E-state index in [-0.39, 0.29) is 30.7 Å². The van der Waals surface area contributed by atoms with Gasteiger partial charge in [0.05, 0.1) is 0 Å². The van der Waals surface area contributed by atoms with Gasteiger partial charge in [0.2, 0.25) is 5.91 Å². The highest BCUT2D eigenvalue weighted by molar-refractivity contribution is 5.97. The topological polar surface area (TPSA) is 66.0 Å². The molecule has 22 heavy (non-hydrogen) atoms. The fraction of sp³-hybridized carbons (Fsp3) is 0.600. The molecule has 0 aliphatic heterocycles. The number of carbonyl (C=O) groups excluding carboxylic acids is 1. The lowest BCUT2D eigenvalue weighted by molar-refractivity contribution is -0.124. The molecule has 1 amide bonds. The molecule has 1 saturated carbocycles. The molecule has 0 atom stereocenters. The van der Waals surface area contributed by atoms with E-state index in [4.69, 9.17) is 0 Å². The normalized spacial score (nSPS) is 16.0. The number of anilines is 1. The minimum absolute atomic E-state index is 0. The van der Waals surface area contributed by atoms with E-state index in [2.05, 4.69) is 28.1 Å². The summed E-state index contributed by atoms with van der Waals surface area (Å²) in [6.45, 7) is 2.97. The van der Waals surface area contributed by atoms with E-state index in [0.717, 1.165) is 38.6 Å².